The van der Waals surface area contributed by atoms with Crippen LogP contribution >= 0.6 is 0 Å². The highest BCUT2D eigenvalue weighted by molar-refractivity contribution is 5.68. The van der Waals surface area contributed by atoms with Crippen LogP contribution in [-0.2, 0) is 4.79 Å². The standard InChI is InChI=1S/C12H17NO3/c1-3-16-11-5-4-8(2)6-9(11)10(13)7-12(14)15/h4-6,10H,3,7,13H2,1-2H3,(H,14,15). The van der Waals surface area contributed by atoms with Crippen molar-refractivity contribution in [1.29, 1.82) is 0 Å². The van der Waals surface area contributed by atoms with Crippen molar-refractivity contribution in [2.45, 2.75) is 26.3 Å². The summed E-state index contributed by atoms with van der Waals surface area (Å²) < 4.78 is 5.42. The molecule has 1 rings (SSSR count). The fraction of sp³-hybridized carbons (Fsp3) is 0.417. The molecular weight excluding hydrogens is 206 g/mol. The summed E-state index contributed by atoms with van der Waals surface area (Å²) in [6.45, 7) is 4.36. The van der Waals surface area contributed by atoms with Crippen molar-refractivity contribution in [1.82, 2.24) is 0 Å². The van der Waals surface area contributed by atoms with Gasteiger partial charge in [0, 0.05) is 11.6 Å². The molecule has 0 saturated carbocycles. The second-order valence-corrected chi connectivity index (χ2v) is 3.68. The third-order valence-electron chi connectivity index (χ3n) is 2.26. The first-order valence-electron chi connectivity index (χ1n) is 5.25. The first-order chi connectivity index (χ1) is 7.54. The van der Waals surface area contributed by atoms with Crippen molar-refractivity contribution < 1.29 is 14.6 Å². The Labute approximate surface area is 95.0 Å². The average molecular weight is 223 g/mol. The number of rotatable bonds is 5. The Morgan fingerprint density at radius 2 is 2.25 bits per heavy atom. The fourth-order valence-corrected chi connectivity index (χ4v) is 1.54. The lowest BCUT2D eigenvalue weighted by Gasteiger charge is -2.15. The zero-order chi connectivity index (χ0) is 12.1. The summed E-state index contributed by atoms with van der Waals surface area (Å²) in [4.78, 5) is 10.6. The van der Waals surface area contributed by atoms with E-state index < -0.39 is 12.0 Å². The second-order valence-electron chi connectivity index (χ2n) is 3.68. The molecule has 0 radical (unpaired) electrons. The minimum atomic E-state index is -0.906. The average Bonchev–Trinajstić information content (AvgIpc) is 2.20. The molecule has 1 aromatic rings. The number of ether oxygens (including phenoxy) is 1. The SMILES string of the molecule is CCOc1ccc(C)cc1C(N)CC(=O)O. The quantitative estimate of drug-likeness (QED) is 0.799. The highest BCUT2D eigenvalue weighted by atomic mass is 16.5. The van der Waals surface area contributed by atoms with Crippen LogP contribution in [0.2, 0.25) is 0 Å². The molecule has 0 fully saturated rings. The highest BCUT2D eigenvalue weighted by Gasteiger charge is 2.15. The molecule has 0 bridgehead atoms. The molecule has 1 unspecified atom stereocenters. The van der Waals surface area contributed by atoms with E-state index in [9.17, 15) is 4.79 Å². The van der Waals surface area contributed by atoms with Gasteiger partial charge in [0.25, 0.3) is 0 Å². The van der Waals surface area contributed by atoms with E-state index in [1.807, 2.05) is 32.0 Å². The van der Waals surface area contributed by atoms with Crippen LogP contribution in [0.25, 0.3) is 0 Å². The van der Waals surface area contributed by atoms with Crippen LogP contribution in [0.15, 0.2) is 18.2 Å². The zero-order valence-electron chi connectivity index (χ0n) is 9.56. The van der Waals surface area contributed by atoms with E-state index in [0.29, 0.717) is 12.4 Å². The third kappa shape index (κ3) is 3.24. The van der Waals surface area contributed by atoms with Crippen LogP contribution in [0.3, 0.4) is 0 Å². The van der Waals surface area contributed by atoms with Gasteiger partial charge in [-0.2, -0.15) is 0 Å². The van der Waals surface area contributed by atoms with Crippen molar-refractivity contribution >= 4 is 5.97 Å². The van der Waals surface area contributed by atoms with Crippen LogP contribution in [-0.4, -0.2) is 17.7 Å². The summed E-state index contributed by atoms with van der Waals surface area (Å²) in [5.74, 6) is -0.238. The Balaban J connectivity index is 2.98. The van der Waals surface area contributed by atoms with E-state index in [1.165, 1.54) is 0 Å². The molecule has 3 N–H and O–H groups in total. The van der Waals surface area contributed by atoms with E-state index in [2.05, 4.69) is 0 Å². The summed E-state index contributed by atoms with van der Waals surface area (Å²) in [6, 6.07) is 5.09. The topological polar surface area (TPSA) is 72.5 Å². The summed E-state index contributed by atoms with van der Waals surface area (Å²) in [6.07, 6.45) is -0.0937. The number of carboxylic acids is 1. The van der Waals surface area contributed by atoms with Gasteiger partial charge < -0.3 is 15.6 Å². The Bertz CT molecular complexity index is 377. The van der Waals surface area contributed by atoms with Gasteiger partial charge in [0.15, 0.2) is 0 Å². The van der Waals surface area contributed by atoms with Gasteiger partial charge in [-0.1, -0.05) is 17.7 Å². The molecule has 1 atom stereocenters. The highest BCUT2D eigenvalue weighted by Crippen LogP contribution is 2.27. The van der Waals surface area contributed by atoms with Crippen LogP contribution in [0.1, 0.15) is 30.5 Å². The van der Waals surface area contributed by atoms with Gasteiger partial charge in [-0.05, 0) is 19.9 Å². The molecule has 16 heavy (non-hydrogen) atoms. The first-order valence-corrected chi connectivity index (χ1v) is 5.25. The molecule has 0 aliphatic heterocycles. The van der Waals surface area contributed by atoms with Gasteiger partial charge in [-0.3, -0.25) is 4.79 Å². The van der Waals surface area contributed by atoms with Crippen LogP contribution in [0.5, 0.6) is 5.75 Å². The Kier molecular flexibility index (Phi) is 4.31. The number of aliphatic carboxylic acids is 1. The predicted molar refractivity (Wildman–Crippen MR) is 61.5 cm³/mol. The molecule has 0 amide bonds. The molecule has 1 aromatic carbocycles. The number of hydrogen-bond acceptors (Lipinski definition) is 3. The molecular formula is C12H17NO3. The zero-order valence-corrected chi connectivity index (χ0v) is 9.56. The van der Waals surface area contributed by atoms with E-state index in [4.69, 9.17) is 15.6 Å². The molecule has 4 nitrogen and oxygen atoms in total. The Morgan fingerprint density at radius 3 is 2.81 bits per heavy atom. The lowest BCUT2D eigenvalue weighted by Crippen LogP contribution is -2.16. The molecule has 0 aliphatic rings. The first kappa shape index (κ1) is 12.5. The Morgan fingerprint density at radius 1 is 1.56 bits per heavy atom. The maximum Gasteiger partial charge on any atom is 0.305 e. The number of aryl methyl sites for hydroxylation is 1. The minimum absolute atomic E-state index is 0.0937. The van der Waals surface area contributed by atoms with Crippen molar-refractivity contribution in [2.75, 3.05) is 6.61 Å². The lowest BCUT2D eigenvalue weighted by molar-refractivity contribution is -0.137. The molecule has 0 aliphatic carbocycles. The number of hydrogen-bond donors (Lipinski definition) is 2. The van der Waals surface area contributed by atoms with Gasteiger partial charge in [0.05, 0.1) is 13.0 Å². The maximum absolute atomic E-state index is 10.6. The molecule has 4 heteroatoms. The van der Waals surface area contributed by atoms with Gasteiger partial charge in [0.1, 0.15) is 5.75 Å². The summed E-state index contributed by atoms with van der Waals surface area (Å²) in [5.41, 5.74) is 7.63. The second kappa shape index (κ2) is 5.51. The monoisotopic (exact) mass is 223 g/mol. The maximum atomic E-state index is 10.6. The van der Waals surface area contributed by atoms with E-state index in [-0.39, 0.29) is 6.42 Å². The summed E-state index contributed by atoms with van der Waals surface area (Å²) in [5, 5.41) is 8.71. The molecule has 0 aromatic heterocycles. The predicted octanol–water partition coefficient (Wildman–Crippen LogP) is 1.87. The van der Waals surface area contributed by atoms with Gasteiger partial charge in [-0.15, -0.1) is 0 Å². The lowest BCUT2D eigenvalue weighted by atomic mass is 10.0. The smallest absolute Gasteiger partial charge is 0.305 e. The van der Waals surface area contributed by atoms with E-state index in [1.54, 1.807) is 0 Å². The van der Waals surface area contributed by atoms with Gasteiger partial charge in [0.2, 0.25) is 0 Å². The normalized spacial score (nSPS) is 12.2. The van der Waals surface area contributed by atoms with Crippen LogP contribution in [0.4, 0.5) is 0 Å². The van der Waals surface area contributed by atoms with E-state index >= 15 is 0 Å². The number of nitrogens with two attached hydrogens (primary N) is 1. The number of carboxylic acid groups (broad SMARTS) is 1. The molecule has 0 spiro atoms. The minimum Gasteiger partial charge on any atom is -0.494 e. The van der Waals surface area contributed by atoms with Gasteiger partial charge >= 0.3 is 5.97 Å². The van der Waals surface area contributed by atoms with E-state index in [0.717, 1.165) is 11.1 Å². The Hall–Kier alpha value is -1.55. The molecule has 0 saturated heterocycles. The van der Waals surface area contributed by atoms with Crippen molar-refractivity contribution in [3.8, 4) is 5.75 Å². The van der Waals surface area contributed by atoms with Crippen LogP contribution < -0.4 is 10.5 Å². The summed E-state index contributed by atoms with van der Waals surface area (Å²) in [7, 11) is 0. The number of benzene rings is 1. The van der Waals surface area contributed by atoms with Gasteiger partial charge in [-0.25, -0.2) is 0 Å². The largest absolute Gasteiger partial charge is 0.494 e. The summed E-state index contributed by atoms with van der Waals surface area (Å²) >= 11 is 0. The van der Waals surface area contributed by atoms with Crippen molar-refractivity contribution in [3.05, 3.63) is 29.3 Å². The van der Waals surface area contributed by atoms with Crippen molar-refractivity contribution in [3.63, 3.8) is 0 Å². The molecule has 0 heterocycles. The van der Waals surface area contributed by atoms with Crippen LogP contribution in [0, 0.1) is 6.92 Å². The van der Waals surface area contributed by atoms with Crippen molar-refractivity contribution in [2.24, 2.45) is 5.73 Å². The molecule has 88 valence electrons. The number of carbonyl (C=O) groups is 1. The fourth-order valence-electron chi connectivity index (χ4n) is 1.54. The third-order valence-corrected chi connectivity index (χ3v) is 2.26.